The number of carbonyl (C=O) groups is 2. The highest BCUT2D eigenvalue weighted by Crippen LogP contribution is 2.17. The van der Waals surface area contributed by atoms with E-state index in [1.807, 2.05) is 6.92 Å². The molecule has 1 fully saturated rings. The molecule has 1 unspecified atom stereocenters. The molecule has 3 amide bonds. The van der Waals surface area contributed by atoms with Crippen LogP contribution in [0.15, 0.2) is 0 Å². The number of carbonyl (C=O) groups excluding carboxylic acids is 2. The van der Waals surface area contributed by atoms with E-state index in [2.05, 4.69) is 27.8 Å². The Hall–Kier alpha value is -1.50. The highest BCUT2D eigenvalue weighted by atomic mass is 16.5. The predicted molar refractivity (Wildman–Crippen MR) is 99.8 cm³/mol. The van der Waals surface area contributed by atoms with Gasteiger partial charge in [-0.1, -0.05) is 19.8 Å². The van der Waals surface area contributed by atoms with E-state index >= 15 is 0 Å². The van der Waals surface area contributed by atoms with Gasteiger partial charge in [-0.25, -0.2) is 9.59 Å². The summed E-state index contributed by atoms with van der Waals surface area (Å²) < 4.78 is 5.13. The third-order valence-corrected chi connectivity index (χ3v) is 4.46. The summed E-state index contributed by atoms with van der Waals surface area (Å²) in [7, 11) is 0. The van der Waals surface area contributed by atoms with Crippen LogP contribution < -0.4 is 16.0 Å². The predicted octanol–water partition coefficient (Wildman–Crippen LogP) is 2.47. The van der Waals surface area contributed by atoms with Crippen LogP contribution in [0.3, 0.4) is 0 Å². The first-order valence-electron chi connectivity index (χ1n) is 9.83. The van der Waals surface area contributed by atoms with Gasteiger partial charge in [0.05, 0.1) is 6.61 Å². The van der Waals surface area contributed by atoms with Gasteiger partial charge in [-0.3, -0.25) is 4.90 Å². The second-order valence-electron chi connectivity index (χ2n) is 6.55. The molecular weight excluding hydrogens is 320 g/mol. The van der Waals surface area contributed by atoms with Gasteiger partial charge in [-0.2, -0.15) is 0 Å². The van der Waals surface area contributed by atoms with Crippen LogP contribution in [0.2, 0.25) is 0 Å². The van der Waals surface area contributed by atoms with Gasteiger partial charge in [-0.05, 0) is 52.1 Å². The molecule has 0 bridgehead atoms. The van der Waals surface area contributed by atoms with Gasteiger partial charge in [0.25, 0.3) is 0 Å². The van der Waals surface area contributed by atoms with Crippen molar-refractivity contribution in [2.75, 3.05) is 39.3 Å². The third-order valence-electron chi connectivity index (χ3n) is 4.46. The highest BCUT2D eigenvalue weighted by molar-refractivity contribution is 5.73. The first-order valence-corrected chi connectivity index (χ1v) is 9.83. The fraction of sp³-hybridized carbons (Fsp3) is 0.889. The Balaban J connectivity index is 2.06. The van der Waals surface area contributed by atoms with Gasteiger partial charge in [0.15, 0.2) is 0 Å². The fourth-order valence-electron chi connectivity index (χ4n) is 3.02. The lowest BCUT2D eigenvalue weighted by Crippen LogP contribution is -2.40. The number of hydrogen-bond donors (Lipinski definition) is 3. The smallest absolute Gasteiger partial charge is 0.407 e. The van der Waals surface area contributed by atoms with Crippen molar-refractivity contribution in [3.63, 3.8) is 0 Å². The molecule has 0 spiro atoms. The Kier molecular flexibility index (Phi) is 11.9. The summed E-state index contributed by atoms with van der Waals surface area (Å²) in [4.78, 5) is 25.3. The Bertz CT molecular complexity index is 379. The molecular formula is C18H36N4O3. The molecule has 1 atom stereocenters. The van der Waals surface area contributed by atoms with Crippen LogP contribution in [0.25, 0.3) is 0 Å². The van der Waals surface area contributed by atoms with Crippen molar-refractivity contribution in [3.8, 4) is 0 Å². The van der Waals surface area contributed by atoms with Gasteiger partial charge >= 0.3 is 12.1 Å². The number of nitrogens with zero attached hydrogens (tertiary/aromatic N) is 1. The first kappa shape index (κ1) is 21.5. The zero-order chi connectivity index (χ0) is 18.3. The van der Waals surface area contributed by atoms with Gasteiger partial charge in [0.1, 0.15) is 0 Å². The molecule has 0 radical (unpaired) electrons. The van der Waals surface area contributed by atoms with Crippen LogP contribution in [0, 0.1) is 0 Å². The molecule has 0 aliphatic carbocycles. The maximum Gasteiger partial charge on any atom is 0.407 e. The zero-order valence-electron chi connectivity index (χ0n) is 15.9. The molecule has 0 aromatic rings. The lowest BCUT2D eigenvalue weighted by Gasteiger charge is -2.24. The van der Waals surface area contributed by atoms with Gasteiger partial charge in [0.2, 0.25) is 0 Å². The van der Waals surface area contributed by atoms with E-state index in [-0.39, 0.29) is 12.1 Å². The average molecular weight is 357 g/mol. The number of nitrogens with one attached hydrogen (secondary N) is 3. The Labute approximate surface area is 152 Å². The van der Waals surface area contributed by atoms with E-state index in [9.17, 15) is 9.59 Å². The van der Waals surface area contributed by atoms with Crippen LogP contribution in [-0.4, -0.2) is 62.4 Å². The van der Waals surface area contributed by atoms with E-state index < -0.39 is 0 Å². The van der Waals surface area contributed by atoms with Crippen molar-refractivity contribution in [1.29, 1.82) is 0 Å². The SMILES string of the molecule is CCCCOC(=O)NCC1CCCN1CCCCCNC(=O)NCC. The minimum absolute atomic E-state index is 0.0843. The maximum absolute atomic E-state index is 11.6. The molecule has 3 N–H and O–H groups in total. The minimum atomic E-state index is -0.295. The van der Waals surface area contributed by atoms with Gasteiger partial charge < -0.3 is 20.7 Å². The monoisotopic (exact) mass is 356 g/mol. The van der Waals surface area contributed by atoms with Crippen LogP contribution in [0.1, 0.15) is 58.8 Å². The van der Waals surface area contributed by atoms with Crippen molar-refractivity contribution in [2.24, 2.45) is 0 Å². The molecule has 25 heavy (non-hydrogen) atoms. The van der Waals surface area contributed by atoms with Crippen LogP contribution >= 0.6 is 0 Å². The fourth-order valence-corrected chi connectivity index (χ4v) is 3.02. The standard InChI is InChI=1S/C18H36N4O3/c1-3-5-14-25-18(24)21-15-16-10-9-13-22(16)12-8-6-7-11-20-17(23)19-4-2/h16H,3-15H2,1-2H3,(H,21,24)(H2,19,20,23). The Morgan fingerprint density at radius 1 is 1.08 bits per heavy atom. The average Bonchev–Trinajstić information content (AvgIpc) is 3.04. The molecule has 1 heterocycles. The van der Waals surface area contributed by atoms with Crippen molar-refractivity contribution in [2.45, 2.75) is 64.8 Å². The zero-order valence-corrected chi connectivity index (χ0v) is 15.9. The normalized spacial score (nSPS) is 17.3. The molecule has 1 saturated heterocycles. The molecule has 1 rings (SSSR count). The number of amides is 3. The molecule has 7 nitrogen and oxygen atoms in total. The summed E-state index contributed by atoms with van der Waals surface area (Å²) in [6.07, 6.45) is 7.19. The van der Waals surface area contributed by atoms with Crippen molar-refractivity contribution in [3.05, 3.63) is 0 Å². The van der Waals surface area contributed by atoms with E-state index in [1.54, 1.807) is 0 Å². The second-order valence-corrected chi connectivity index (χ2v) is 6.55. The van der Waals surface area contributed by atoms with Crippen LogP contribution in [0.5, 0.6) is 0 Å². The number of urea groups is 1. The molecule has 0 aromatic carbocycles. The van der Waals surface area contributed by atoms with Gasteiger partial charge in [-0.15, -0.1) is 0 Å². The number of ether oxygens (including phenoxy) is 1. The molecule has 0 saturated carbocycles. The van der Waals surface area contributed by atoms with Crippen molar-refractivity contribution in [1.82, 2.24) is 20.9 Å². The molecule has 7 heteroatoms. The van der Waals surface area contributed by atoms with E-state index in [0.717, 1.165) is 58.2 Å². The summed E-state index contributed by atoms with van der Waals surface area (Å²) in [5.41, 5.74) is 0. The summed E-state index contributed by atoms with van der Waals surface area (Å²) in [5, 5.41) is 8.46. The third kappa shape index (κ3) is 10.2. The Morgan fingerprint density at radius 3 is 2.68 bits per heavy atom. The summed E-state index contributed by atoms with van der Waals surface area (Å²) >= 11 is 0. The second kappa shape index (κ2) is 13.8. The van der Waals surface area contributed by atoms with E-state index in [1.165, 1.54) is 6.42 Å². The minimum Gasteiger partial charge on any atom is -0.450 e. The van der Waals surface area contributed by atoms with E-state index in [4.69, 9.17) is 4.74 Å². The molecule has 1 aliphatic heterocycles. The quantitative estimate of drug-likeness (QED) is 0.469. The van der Waals surface area contributed by atoms with Crippen molar-refractivity contribution < 1.29 is 14.3 Å². The maximum atomic E-state index is 11.6. The van der Waals surface area contributed by atoms with Crippen LogP contribution in [0.4, 0.5) is 9.59 Å². The van der Waals surface area contributed by atoms with Crippen LogP contribution in [-0.2, 0) is 4.74 Å². The molecule has 0 aromatic heterocycles. The number of rotatable bonds is 12. The summed E-state index contributed by atoms with van der Waals surface area (Å²) in [6.45, 7) is 8.69. The lowest BCUT2D eigenvalue weighted by atomic mass is 10.2. The molecule has 146 valence electrons. The number of alkyl carbamates (subject to hydrolysis) is 1. The number of hydrogen-bond acceptors (Lipinski definition) is 4. The summed E-state index contributed by atoms with van der Waals surface area (Å²) in [6, 6.07) is 0.339. The number of unbranched alkanes of at least 4 members (excludes halogenated alkanes) is 3. The molecule has 1 aliphatic rings. The topological polar surface area (TPSA) is 82.7 Å². The Morgan fingerprint density at radius 2 is 1.92 bits per heavy atom. The largest absolute Gasteiger partial charge is 0.450 e. The highest BCUT2D eigenvalue weighted by Gasteiger charge is 2.24. The van der Waals surface area contributed by atoms with Gasteiger partial charge in [0, 0.05) is 25.7 Å². The lowest BCUT2D eigenvalue weighted by molar-refractivity contribution is 0.140. The van der Waals surface area contributed by atoms with Crippen molar-refractivity contribution >= 4 is 12.1 Å². The number of likely N-dealkylation sites (tertiary alicyclic amines) is 1. The first-order chi connectivity index (χ1) is 12.2. The van der Waals surface area contributed by atoms with E-state index in [0.29, 0.717) is 25.7 Å². The summed E-state index contributed by atoms with van der Waals surface area (Å²) in [5.74, 6) is 0.